The van der Waals surface area contributed by atoms with E-state index in [4.69, 9.17) is 9.47 Å². The molecule has 0 bridgehead atoms. The quantitative estimate of drug-likeness (QED) is 0.492. The molecule has 1 aliphatic rings. The predicted molar refractivity (Wildman–Crippen MR) is 62.1 cm³/mol. The summed E-state index contributed by atoms with van der Waals surface area (Å²) in [5, 5.41) is 3.31. The molecule has 3 heteroatoms. The van der Waals surface area contributed by atoms with E-state index in [0.29, 0.717) is 12.2 Å². The van der Waals surface area contributed by atoms with Crippen LogP contribution >= 0.6 is 0 Å². The summed E-state index contributed by atoms with van der Waals surface area (Å²) in [6.07, 6.45) is 5.78. The second-order valence-electron chi connectivity index (χ2n) is 3.92. The average Bonchev–Trinajstić information content (AvgIpc) is 2.69. The molecule has 1 aliphatic heterocycles. The Hall–Kier alpha value is -0.380. The first-order chi connectivity index (χ1) is 7.36. The molecule has 0 saturated carbocycles. The predicted octanol–water partition coefficient (Wildman–Crippen LogP) is 1.74. The molecule has 15 heavy (non-hydrogen) atoms. The molecule has 0 aromatic heterocycles. The van der Waals surface area contributed by atoms with Crippen molar-refractivity contribution in [1.82, 2.24) is 5.32 Å². The number of ether oxygens (including phenoxy) is 2. The van der Waals surface area contributed by atoms with Gasteiger partial charge in [-0.25, -0.2) is 0 Å². The molecule has 1 saturated heterocycles. The summed E-state index contributed by atoms with van der Waals surface area (Å²) in [6.45, 7) is 9.26. The van der Waals surface area contributed by atoms with E-state index >= 15 is 0 Å². The van der Waals surface area contributed by atoms with Crippen LogP contribution in [0.2, 0.25) is 0 Å². The standard InChI is InChI=1S/C12H23NO2/c1-3-5-8-14-10-12-7-6-11(15-12)9-13-4-2/h3,11-13H,1,4-10H2,2H3. The van der Waals surface area contributed by atoms with Gasteiger partial charge in [0.1, 0.15) is 0 Å². The van der Waals surface area contributed by atoms with E-state index in [-0.39, 0.29) is 0 Å². The smallest absolute Gasteiger partial charge is 0.0813 e. The van der Waals surface area contributed by atoms with E-state index in [0.717, 1.165) is 45.6 Å². The maximum atomic E-state index is 5.83. The van der Waals surface area contributed by atoms with Crippen LogP contribution in [-0.2, 0) is 9.47 Å². The highest BCUT2D eigenvalue weighted by atomic mass is 16.5. The maximum absolute atomic E-state index is 5.83. The molecule has 0 aromatic carbocycles. The summed E-state index contributed by atoms with van der Waals surface area (Å²) >= 11 is 0. The van der Waals surface area contributed by atoms with Crippen LogP contribution in [0.4, 0.5) is 0 Å². The van der Waals surface area contributed by atoms with E-state index in [9.17, 15) is 0 Å². The third-order valence-corrected chi connectivity index (χ3v) is 2.59. The van der Waals surface area contributed by atoms with Crippen molar-refractivity contribution in [1.29, 1.82) is 0 Å². The van der Waals surface area contributed by atoms with E-state index in [2.05, 4.69) is 18.8 Å². The third-order valence-electron chi connectivity index (χ3n) is 2.59. The molecule has 2 unspecified atom stereocenters. The van der Waals surface area contributed by atoms with Gasteiger partial charge >= 0.3 is 0 Å². The molecule has 0 aromatic rings. The molecule has 1 N–H and O–H groups in total. The van der Waals surface area contributed by atoms with E-state index < -0.39 is 0 Å². The van der Waals surface area contributed by atoms with Crippen molar-refractivity contribution in [2.45, 2.75) is 38.4 Å². The maximum Gasteiger partial charge on any atom is 0.0813 e. The Bertz CT molecular complexity index is 173. The van der Waals surface area contributed by atoms with Crippen molar-refractivity contribution < 1.29 is 9.47 Å². The fourth-order valence-corrected chi connectivity index (χ4v) is 1.74. The van der Waals surface area contributed by atoms with Crippen LogP contribution in [0.3, 0.4) is 0 Å². The van der Waals surface area contributed by atoms with Gasteiger partial charge in [0.15, 0.2) is 0 Å². The number of rotatable bonds is 8. The van der Waals surface area contributed by atoms with Gasteiger partial charge in [0.05, 0.1) is 25.4 Å². The zero-order valence-corrected chi connectivity index (χ0v) is 9.71. The van der Waals surface area contributed by atoms with Gasteiger partial charge in [0.25, 0.3) is 0 Å². The molecule has 0 spiro atoms. The zero-order chi connectivity index (χ0) is 10.9. The normalized spacial score (nSPS) is 25.7. The number of likely N-dealkylation sites (N-methyl/N-ethyl adjacent to an activating group) is 1. The van der Waals surface area contributed by atoms with Crippen LogP contribution < -0.4 is 5.32 Å². The molecular formula is C12H23NO2. The summed E-state index contributed by atoms with van der Waals surface area (Å²) in [5.41, 5.74) is 0. The zero-order valence-electron chi connectivity index (χ0n) is 9.71. The van der Waals surface area contributed by atoms with Crippen molar-refractivity contribution in [2.75, 3.05) is 26.3 Å². The van der Waals surface area contributed by atoms with Crippen molar-refractivity contribution in [3.05, 3.63) is 12.7 Å². The van der Waals surface area contributed by atoms with E-state index in [1.807, 2.05) is 6.08 Å². The fraction of sp³-hybridized carbons (Fsp3) is 0.833. The van der Waals surface area contributed by atoms with Gasteiger partial charge in [-0.1, -0.05) is 13.0 Å². The average molecular weight is 213 g/mol. The van der Waals surface area contributed by atoms with Crippen LogP contribution in [0.15, 0.2) is 12.7 Å². The largest absolute Gasteiger partial charge is 0.378 e. The van der Waals surface area contributed by atoms with Crippen molar-refractivity contribution in [2.24, 2.45) is 0 Å². The second-order valence-corrected chi connectivity index (χ2v) is 3.92. The van der Waals surface area contributed by atoms with Gasteiger partial charge in [0, 0.05) is 6.54 Å². The van der Waals surface area contributed by atoms with Gasteiger partial charge in [-0.2, -0.15) is 0 Å². The Morgan fingerprint density at radius 1 is 1.47 bits per heavy atom. The molecule has 0 amide bonds. The molecular weight excluding hydrogens is 190 g/mol. The van der Waals surface area contributed by atoms with Crippen LogP contribution in [-0.4, -0.2) is 38.5 Å². The first-order valence-electron chi connectivity index (χ1n) is 5.91. The molecule has 0 radical (unpaired) electrons. The summed E-state index contributed by atoms with van der Waals surface area (Å²) in [5.74, 6) is 0. The Morgan fingerprint density at radius 2 is 2.27 bits per heavy atom. The Kier molecular flexibility index (Phi) is 6.64. The summed E-state index contributed by atoms with van der Waals surface area (Å²) in [6, 6.07) is 0. The monoisotopic (exact) mass is 213 g/mol. The van der Waals surface area contributed by atoms with E-state index in [1.54, 1.807) is 0 Å². The number of nitrogens with one attached hydrogen (secondary N) is 1. The SMILES string of the molecule is C=CCCOCC1CCC(CNCC)O1. The topological polar surface area (TPSA) is 30.5 Å². The third kappa shape index (κ3) is 5.30. The molecule has 3 nitrogen and oxygen atoms in total. The van der Waals surface area contributed by atoms with Crippen LogP contribution in [0.5, 0.6) is 0 Å². The summed E-state index contributed by atoms with van der Waals surface area (Å²) in [4.78, 5) is 0. The minimum absolute atomic E-state index is 0.304. The van der Waals surface area contributed by atoms with Gasteiger partial charge in [0.2, 0.25) is 0 Å². The lowest BCUT2D eigenvalue weighted by atomic mass is 10.2. The van der Waals surface area contributed by atoms with Gasteiger partial charge < -0.3 is 14.8 Å². The van der Waals surface area contributed by atoms with Crippen molar-refractivity contribution >= 4 is 0 Å². The highest BCUT2D eigenvalue weighted by molar-refractivity contribution is 4.75. The minimum Gasteiger partial charge on any atom is -0.378 e. The lowest BCUT2D eigenvalue weighted by molar-refractivity contribution is -0.0131. The summed E-state index contributed by atoms with van der Waals surface area (Å²) < 4.78 is 11.3. The minimum atomic E-state index is 0.304. The molecule has 1 rings (SSSR count). The van der Waals surface area contributed by atoms with Crippen LogP contribution in [0.25, 0.3) is 0 Å². The second kappa shape index (κ2) is 7.85. The van der Waals surface area contributed by atoms with Crippen LogP contribution in [0, 0.1) is 0 Å². The molecule has 1 fully saturated rings. The number of hydrogen-bond acceptors (Lipinski definition) is 3. The Balaban J connectivity index is 2.00. The molecule has 88 valence electrons. The summed E-state index contributed by atoms with van der Waals surface area (Å²) in [7, 11) is 0. The lowest BCUT2D eigenvalue weighted by Crippen LogP contribution is -2.27. The van der Waals surface area contributed by atoms with Crippen LogP contribution in [0.1, 0.15) is 26.2 Å². The highest BCUT2D eigenvalue weighted by Gasteiger charge is 2.24. The highest BCUT2D eigenvalue weighted by Crippen LogP contribution is 2.19. The van der Waals surface area contributed by atoms with Gasteiger partial charge in [-0.3, -0.25) is 0 Å². The molecule has 1 heterocycles. The van der Waals surface area contributed by atoms with Gasteiger partial charge in [-0.15, -0.1) is 6.58 Å². The van der Waals surface area contributed by atoms with Crippen molar-refractivity contribution in [3.8, 4) is 0 Å². The Morgan fingerprint density at radius 3 is 3.00 bits per heavy atom. The number of hydrogen-bond donors (Lipinski definition) is 1. The molecule has 2 atom stereocenters. The van der Waals surface area contributed by atoms with Gasteiger partial charge in [-0.05, 0) is 25.8 Å². The fourth-order valence-electron chi connectivity index (χ4n) is 1.74. The lowest BCUT2D eigenvalue weighted by Gasteiger charge is -2.13. The first kappa shape index (κ1) is 12.7. The Labute approximate surface area is 92.8 Å². The van der Waals surface area contributed by atoms with Crippen molar-refractivity contribution in [3.63, 3.8) is 0 Å². The molecule has 0 aliphatic carbocycles. The van der Waals surface area contributed by atoms with E-state index in [1.165, 1.54) is 0 Å². The first-order valence-corrected chi connectivity index (χ1v) is 5.91.